The first-order valence-electron chi connectivity index (χ1n) is 9.67. The zero-order valence-corrected chi connectivity index (χ0v) is 18.6. The van der Waals surface area contributed by atoms with E-state index in [1.54, 1.807) is 0 Å². The minimum Gasteiger partial charge on any atom is -0.234 e. The van der Waals surface area contributed by atoms with Gasteiger partial charge in [-0.15, -0.1) is 0 Å². The molecule has 0 bridgehead atoms. The lowest BCUT2D eigenvalue weighted by atomic mass is 9.83. The molecular weight excluding hydrogens is 351 g/mol. The third-order valence-corrected chi connectivity index (χ3v) is 6.28. The van der Waals surface area contributed by atoms with Gasteiger partial charge in [0.1, 0.15) is 0 Å². The lowest BCUT2D eigenvalue weighted by molar-refractivity contribution is 0.107. The van der Waals surface area contributed by atoms with Crippen LogP contribution in [0.15, 0.2) is 36.4 Å². The fourth-order valence-electron chi connectivity index (χ4n) is 4.10. The van der Waals surface area contributed by atoms with Gasteiger partial charge in [0.05, 0.1) is 5.56 Å². The van der Waals surface area contributed by atoms with Crippen LogP contribution >= 0.6 is 7.80 Å². The highest BCUT2D eigenvalue weighted by Crippen LogP contribution is 2.33. The molecule has 2 aromatic carbocycles. The van der Waals surface area contributed by atoms with Crippen LogP contribution in [0.3, 0.4) is 0 Å². The van der Waals surface area contributed by atoms with Gasteiger partial charge >= 0.3 is 13.3 Å². The molecule has 3 heteroatoms. The summed E-state index contributed by atoms with van der Waals surface area (Å²) in [7, 11) is -2.13. The van der Waals surface area contributed by atoms with Gasteiger partial charge in [-0.05, 0) is 62.1 Å². The van der Waals surface area contributed by atoms with E-state index in [1.807, 2.05) is 57.2 Å². The van der Waals surface area contributed by atoms with Crippen LogP contribution in [0.25, 0.3) is 0 Å². The summed E-state index contributed by atoms with van der Waals surface area (Å²) in [6.45, 7) is 14.8. The number of carbonyl (C=O) groups excluding carboxylic acids is 1. The Bertz CT molecular complexity index is 836. The summed E-state index contributed by atoms with van der Waals surface area (Å²) in [6.07, 6.45) is 1.93. The molecule has 0 N–H and O–H groups in total. The van der Waals surface area contributed by atoms with Crippen molar-refractivity contribution >= 4 is 18.6 Å². The van der Waals surface area contributed by atoms with Gasteiger partial charge in [0.2, 0.25) is 5.30 Å². The first-order chi connectivity index (χ1) is 12.5. The van der Waals surface area contributed by atoms with Crippen LogP contribution in [0.5, 0.6) is 0 Å². The fourth-order valence-corrected chi connectivity index (χ4v) is 5.53. The molecule has 2 nitrogen and oxygen atoms in total. The van der Waals surface area contributed by atoms with Crippen molar-refractivity contribution in [2.24, 2.45) is 11.3 Å². The Labute approximate surface area is 165 Å². The maximum atomic E-state index is 13.2. The second-order valence-corrected chi connectivity index (χ2v) is 10.6. The standard InChI is InChI=1S/C24H32O2P/c1-16-12-18(3)22(19(4)13-16)23(25)27(26)21-11-9-8-10-20(21)14-17(2)15-24(5,6)7/h8-13,17H,14-15H2,1-7H3/q+1. The molecular formula is C24H32O2P+. The number of carbonyl (C=O) groups is 1. The summed E-state index contributed by atoms with van der Waals surface area (Å²) >= 11 is 0. The molecule has 0 radical (unpaired) electrons. The summed E-state index contributed by atoms with van der Waals surface area (Å²) in [5.41, 5.74) is 4.57. The van der Waals surface area contributed by atoms with Gasteiger partial charge in [0.25, 0.3) is 0 Å². The molecule has 0 spiro atoms. The monoisotopic (exact) mass is 383 g/mol. The Hall–Kier alpha value is -1.79. The molecule has 144 valence electrons. The van der Waals surface area contributed by atoms with Gasteiger partial charge in [0, 0.05) is 5.56 Å². The Morgan fingerprint density at radius 2 is 1.59 bits per heavy atom. The summed E-state index contributed by atoms with van der Waals surface area (Å²) in [6, 6.07) is 11.7. The summed E-state index contributed by atoms with van der Waals surface area (Å²) in [4.78, 5) is 13.1. The lowest BCUT2D eigenvalue weighted by Gasteiger charge is -2.23. The van der Waals surface area contributed by atoms with Crippen LogP contribution in [0.2, 0.25) is 0 Å². The molecule has 27 heavy (non-hydrogen) atoms. The second kappa shape index (κ2) is 8.48. The van der Waals surface area contributed by atoms with E-state index in [2.05, 4.69) is 27.7 Å². The van der Waals surface area contributed by atoms with Gasteiger partial charge in [-0.3, -0.25) is 0 Å². The van der Waals surface area contributed by atoms with Crippen LogP contribution in [0.4, 0.5) is 0 Å². The van der Waals surface area contributed by atoms with E-state index in [0.717, 1.165) is 35.1 Å². The van der Waals surface area contributed by atoms with Crippen molar-refractivity contribution in [1.82, 2.24) is 0 Å². The van der Waals surface area contributed by atoms with E-state index in [4.69, 9.17) is 0 Å². The average molecular weight is 383 g/mol. The Morgan fingerprint density at radius 3 is 2.15 bits per heavy atom. The molecule has 0 saturated carbocycles. The molecule has 0 aromatic heterocycles. The van der Waals surface area contributed by atoms with Crippen LogP contribution in [0.1, 0.15) is 66.7 Å². The summed E-state index contributed by atoms with van der Waals surface area (Å²) in [5.74, 6) is 0.465. The smallest absolute Gasteiger partial charge is 0.234 e. The number of hydrogen-bond donors (Lipinski definition) is 0. The maximum Gasteiger partial charge on any atom is 0.458 e. The fraction of sp³-hybridized carbons (Fsp3) is 0.458. The zero-order chi connectivity index (χ0) is 20.4. The minimum absolute atomic E-state index is 0.252. The van der Waals surface area contributed by atoms with E-state index in [1.165, 1.54) is 0 Å². The third kappa shape index (κ3) is 5.59. The topological polar surface area (TPSA) is 34.1 Å². The number of rotatable bonds is 6. The molecule has 0 aliphatic rings. The maximum absolute atomic E-state index is 13.2. The van der Waals surface area contributed by atoms with Gasteiger partial charge < -0.3 is 0 Å². The van der Waals surface area contributed by atoms with Crippen molar-refractivity contribution in [1.29, 1.82) is 0 Å². The van der Waals surface area contributed by atoms with Gasteiger partial charge in [-0.2, -0.15) is 0 Å². The average Bonchev–Trinajstić information content (AvgIpc) is 2.51. The largest absolute Gasteiger partial charge is 0.458 e. The van der Waals surface area contributed by atoms with E-state index in [0.29, 0.717) is 16.8 Å². The van der Waals surface area contributed by atoms with Crippen molar-refractivity contribution in [2.75, 3.05) is 0 Å². The SMILES string of the molecule is Cc1cc(C)c(C(=O)[P+](=O)c2ccccc2CC(C)CC(C)(C)C)c(C)c1. The Morgan fingerprint density at radius 1 is 1.04 bits per heavy atom. The van der Waals surface area contributed by atoms with E-state index < -0.39 is 7.80 Å². The van der Waals surface area contributed by atoms with Crippen LogP contribution in [-0.2, 0) is 11.0 Å². The van der Waals surface area contributed by atoms with Crippen LogP contribution in [0, 0.1) is 32.1 Å². The molecule has 0 aliphatic heterocycles. The zero-order valence-electron chi connectivity index (χ0n) is 17.7. The molecule has 2 rings (SSSR count). The predicted molar refractivity (Wildman–Crippen MR) is 116 cm³/mol. The van der Waals surface area contributed by atoms with Gasteiger partial charge in [-0.1, -0.05) is 68.2 Å². The van der Waals surface area contributed by atoms with Gasteiger partial charge in [-0.25, -0.2) is 4.79 Å². The van der Waals surface area contributed by atoms with Crippen LogP contribution < -0.4 is 5.30 Å². The van der Waals surface area contributed by atoms with Crippen molar-refractivity contribution in [3.63, 3.8) is 0 Å². The Kier molecular flexibility index (Phi) is 6.76. The van der Waals surface area contributed by atoms with Gasteiger partial charge in [0.15, 0.2) is 0 Å². The third-order valence-electron chi connectivity index (χ3n) is 4.81. The first kappa shape index (κ1) is 21.5. The molecule has 0 aliphatic carbocycles. The predicted octanol–water partition coefficient (Wildman–Crippen LogP) is 6.52. The quantitative estimate of drug-likeness (QED) is 0.532. The highest BCUT2D eigenvalue weighted by Gasteiger charge is 2.37. The van der Waals surface area contributed by atoms with E-state index >= 15 is 0 Å². The van der Waals surface area contributed by atoms with Crippen LogP contribution in [-0.4, -0.2) is 5.52 Å². The van der Waals surface area contributed by atoms with Crippen molar-refractivity contribution in [3.8, 4) is 0 Å². The normalized spacial score (nSPS) is 13.4. The number of hydrogen-bond acceptors (Lipinski definition) is 2. The lowest BCUT2D eigenvalue weighted by Crippen LogP contribution is -2.17. The van der Waals surface area contributed by atoms with Crippen molar-refractivity contribution in [3.05, 3.63) is 64.2 Å². The first-order valence-corrected chi connectivity index (χ1v) is 10.9. The van der Waals surface area contributed by atoms with Crippen molar-refractivity contribution < 1.29 is 9.36 Å². The molecule has 0 heterocycles. The van der Waals surface area contributed by atoms with Crippen molar-refractivity contribution in [2.45, 2.75) is 61.3 Å². The highest BCUT2D eigenvalue weighted by molar-refractivity contribution is 7.71. The molecule has 2 unspecified atom stereocenters. The minimum atomic E-state index is -2.13. The summed E-state index contributed by atoms with van der Waals surface area (Å²) < 4.78 is 13.2. The van der Waals surface area contributed by atoms with E-state index in [9.17, 15) is 9.36 Å². The Balaban J connectivity index is 2.34. The summed E-state index contributed by atoms with van der Waals surface area (Å²) in [5, 5.41) is 0.692. The molecule has 2 aromatic rings. The molecule has 0 fully saturated rings. The second-order valence-electron chi connectivity index (χ2n) is 9.08. The number of aryl methyl sites for hydroxylation is 3. The molecule has 0 saturated heterocycles. The molecule has 0 amide bonds. The highest BCUT2D eigenvalue weighted by atomic mass is 31.1. The van der Waals surface area contributed by atoms with E-state index in [-0.39, 0.29) is 10.9 Å². The molecule has 2 atom stereocenters. The number of benzene rings is 2.